The van der Waals surface area contributed by atoms with Gasteiger partial charge in [-0.1, -0.05) is 18.2 Å². The molecular formula is C22H29N3O5S. The Kier molecular flexibility index (Phi) is 8.27. The molecule has 0 bridgehead atoms. The summed E-state index contributed by atoms with van der Waals surface area (Å²) in [6, 6.07) is 15.0. The molecular weight excluding hydrogens is 418 g/mol. The second kappa shape index (κ2) is 11.1. The van der Waals surface area contributed by atoms with E-state index in [1.54, 1.807) is 61.5 Å². The van der Waals surface area contributed by atoms with Crippen LogP contribution >= 0.6 is 0 Å². The maximum absolute atomic E-state index is 12.9. The molecule has 9 heteroatoms. The minimum Gasteiger partial charge on any atom is -0.484 e. The van der Waals surface area contributed by atoms with Crippen molar-refractivity contribution in [3.8, 4) is 5.75 Å². The third kappa shape index (κ3) is 6.43. The molecule has 1 N–H and O–H groups in total. The lowest BCUT2D eigenvalue weighted by molar-refractivity contribution is -0.123. The molecule has 0 atom stereocenters. The monoisotopic (exact) mass is 447 g/mol. The molecule has 0 aromatic heterocycles. The van der Waals surface area contributed by atoms with E-state index in [9.17, 15) is 13.2 Å². The van der Waals surface area contributed by atoms with Gasteiger partial charge in [-0.25, -0.2) is 8.42 Å². The smallest absolute Gasteiger partial charge is 0.264 e. The summed E-state index contributed by atoms with van der Waals surface area (Å²) in [7, 11) is -3.65. The van der Waals surface area contributed by atoms with Crippen molar-refractivity contribution in [1.29, 1.82) is 0 Å². The number of hydrogen-bond donors (Lipinski definition) is 1. The Hall–Kier alpha value is -2.62. The number of hydrogen-bond acceptors (Lipinski definition) is 6. The minimum atomic E-state index is -3.65. The SMILES string of the molecule is CCN(c1ccc(OCC(=O)NCCN2CCOCC2)cc1)S(=O)(=O)c1ccccc1. The van der Waals surface area contributed by atoms with Crippen LogP contribution in [0.25, 0.3) is 0 Å². The van der Waals surface area contributed by atoms with E-state index in [-0.39, 0.29) is 17.4 Å². The van der Waals surface area contributed by atoms with E-state index < -0.39 is 10.0 Å². The molecule has 0 spiro atoms. The standard InChI is InChI=1S/C22H29N3O5S/c1-2-25(31(27,28)21-6-4-3-5-7-21)19-8-10-20(11-9-19)30-18-22(26)23-12-13-24-14-16-29-17-15-24/h3-11H,2,12-18H2,1H3,(H,23,26). The van der Waals surface area contributed by atoms with Gasteiger partial charge < -0.3 is 14.8 Å². The molecule has 8 nitrogen and oxygen atoms in total. The predicted molar refractivity (Wildman–Crippen MR) is 119 cm³/mol. The van der Waals surface area contributed by atoms with Crippen molar-refractivity contribution in [2.75, 3.05) is 56.8 Å². The number of rotatable bonds is 10. The zero-order valence-corrected chi connectivity index (χ0v) is 18.5. The second-order valence-electron chi connectivity index (χ2n) is 7.07. The number of nitrogens with one attached hydrogen (secondary N) is 1. The first-order valence-corrected chi connectivity index (χ1v) is 11.8. The van der Waals surface area contributed by atoms with Crippen LogP contribution in [0.5, 0.6) is 5.75 Å². The van der Waals surface area contributed by atoms with E-state index in [4.69, 9.17) is 9.47 Å². The van der Waals surface area contributed by atoms with Crippen molar-refractivity contribution in [2.45, 2.75) is 11.8 Å². The van der Waals surface area contributed by atoms with Crippen molar-refractivity contribution in [3.63, 3.8) is 0 Å². The molecule has 0 unspecified atom stereocenters. The van der Waals surface area contributed by atoms with Crippen molar-refractivity contribution in [2.24, 2.45) is 0 Å². The molecule has 1 amide bonds. The topological polar surface area (TPSA) is 88.2 Å². The largest absolute Gasteiger partial charge is 0.484 e. The normalized spacial score (nSPS) is 14.7. The molecule has 1 fully saturated rings. The van der Waals surface area contributed by atoms with Gasteiger partial charge in [0.2, 0.25) is 0 Å². The van der Waals surface area contributed by atoms with E-state index in [2.05, 4.69) is 10.2 Å². The van der Waals surface area contributed by atoms with Gasteiger partial charge in [0.15, 0.2) is 6.61 Å². The van der Waals surface area contributed by atoms with E-state index >= 15 is 0 Å². The van der Waals surface area contributed by atoms with Crippen LogP contribution in [-0.2, 0) is 19.6 Å². The third-order valence-electron chi connectivity index (χ3n) is 4.97. The first-order valence-electron chi connectivity index (χ1n) is 10.4. The molecule has 2 aromatic rings. The fraction of sp³-hybridized carbons (Fsp3) is 0.409. The molecule has 1 saturated heterocycles. The lowest BCUT2D eigenvalue weighted by Gasteiger charge is -2.26. The van der Waals surface area contributed by atoms with Gasteiger partial charge >= 0.3 is 0 Å². The van der Waals surface area contributed by atoms with Crippen LogP contribution in [0.2, 0.25) is 0 Å². The third-order valence-corrected chi connectivity index (χ3v) is 6.88. The Morgan fingerprint density at radius 2 is 1.77 bits per heavy atom. The first kappa shape index (κ1) is 23.1. The van der Waals surface area contributed by atoms with Crippen LogP contribution in [0.4, 0.5) is 5.69 Å². The number of carbonyl (C=O) groups is 1. The number of morpholine rings is 1. The van der Waals surface area contributed by atoms with Gasteiger partial charge in [-0.3, -0.25) is 14.0 Å². The first-order chi connectivity index (χ1) is 15.0. The molecule has 0 radical (unpaired) electrons. The number of carbonyl (C=O) groups excluding carboxylic acids is 1. The number of sulfonamides is 1. The Labute approximate surface area is 183 Å². The molecule has 1 aliphatic rings. The maximum atomic E-state index is 12.9. The number of anilines is 1. The van der Waals surface area contributed by atoms with Crippen LogP contribution in [0.3, 0.4) is 0 Å². The summed E-state index contributed by atoms with van der Waals surface area (Å²) in [4.78, 5) is 14.5. The van der Waals surface area contributed by atoms with Crippen molar-refractivity contribution < 1.29 is 22.7 Å². The number of benzene rings is 2. The summed E-state index contributed by atoms with van der Waals surface area (Å²) in [5.41, 5.74) is 0.536. The quantitative estimate of drug-likeness (QED) is 0.597. The van der Waals surface area contributed by atoms with Crippen molar-refractivity contribution >= 4 is 21.6 Å². The van der Waals surface area contributed by atoms with Gasteiger partial charge in [-0.2, -0.15) is 0 Å². The summed E-state index contributed by atoms with van der Waals surface area (Å²) in [6.07, 6.45) is 0. The van der Waals surface area contributed by atoms with Gasteiger partial charge in [-0.05, 0) is 43.3 Å². The Morgan fingerprint density at radius 3 is 2.42 bits per heavy atom. The van der Waals surface area contributed by atoms with Gasteiger partial charge in [0.05, 0.1) is 23.8 Å². The highest BCUT2D eigenvalue weighted by Crippen LogP contribution is 2.25. The Bertz CT molecular complexity index is 929. The number of nitrogens with zero attached hydrogens (tertiary/aromatic N) is 2. The van der Waals surface area contributed by atoms with Crippen LogP contribution in [-0.4, -0.2) is 71.8 Å². The maximum Gasteiger partial charge on any atom is 0.264 e. The lowest BCUT2D eigenvalue weighted by atomic mass is 10.3. The Balaban J connectivity index is 1.50. The summed E-state index contributed by atoms with van der Waals surface area (Å²) in [6.45, 7) is 6.55. The van der Waals surface area contributed by atoms with E-state index in [0.29, 0.717) is 24.5 Å². The van der Waals surface area contributed by atoms with Gasteiger partial charge in [0.25, 0.3) is 15.9 Å². The zero-order chi connectivity index (χ0) is 22.1. The summed E-state index contributed by atoms with van der Waals surface area (Å²) in [5, 5.41) is 2.84. The molecule has 168 valence electrons. The minimum absolute atomic E-state index is 0.0950. The van der Waals surface area contributed by atoms with E-state index in [1.165, 1.54) is 4.31 Å². The molecule has 1 heterocycles. The van der Waals surface area contributed by atoms with Gasteiger partial charge in [0, 0.05) is 32.7 Å². The van der Waals surface area contributed by atoms with Crippen LogP contribution < -0.4 is 14.4 Å². The summed E-state index contributed by atoms with van der Waals surface area (Å²) < 4.78 is 38.0. The highest BCUT2D eigenvalue weighted by atomic mass is 32.2. The molecule has 1 aliphatic heterocycles. The van der Waals surface area contributed by atoms with Gasteiger partial charge in [-0.15, -0.1) is 0 Å². The highest BCUT2D eigenvalue weighted by Gasteiger charge is 2.23. The fourth-order valence-corrected chi connectivity index (χ4v) is 4.79. The molecule has 31 heavy (non-hydrogen) atoms. The summed E-state index contributed by atoms with van der Waals surface area (Å²) >= 11 is 0. The van der Waals surface area contributed by atoms with E-state index in [0.717, 1.165) is 32.8 Å². The van der Waals surface area contributed by atoms with Crippen LogP contribution in [0, 0.1) is 0 Å². The van der Waals surface area contributed by atoms with Gasteiger partial charge in [0.1, 0.15) is 5.75 Å². The lowest BCUT2D eigenvalue weighted by Crippen LogP contribution is -2.42. The summed E-state index contributed by atoms with van der Waals surface area (Å²) in [5.74, 6) is 0.305. The van der Waals surface area contributed by atoms with Crippen molar-refractivity contribution in [1.82, 2.24) is 10.2 Å². The molecule has 2 aromatic carbocycles. The number of amides is 1. The van der Waals surface area contributed by atoms with E-state index in [1.807, 2.05) is 0 Å². The molecule has 3 rings (SSSR count). The van der Waals surface area contributed by atoms with Crippen LogP contribution in [0.1, 0.15) is 6.92 Å². The average Bonchev–Trinajstić information content (AvgIpc) is 2.80. The molecule has 0 aliphatic carbocycles. The second-order valence-corrected chi connectivity index (χ2v) is 8.93. The Morgan fingerprint density at radius 1 is 1.10 bits per heavy atom. The van der Waals surface area contributed by atoms with Crippen molar-refractivity contribution in [3.05, 3.63) is 54.6 Å². The number of ether oxygens (including phenoxy) is 2. The highest BCUT2D eigenvalue weighted by molar-refractivity contribution is 7.92. The fourth-order valence-electron chi connectivity index (χ4n) is 3.30. The molecule has 0 saturated carbocycles. The van der Waals surface area contributed by atoms with Crippen LogP contribution in [0.15, 0.2) is 59.5 Å². The predicted octanol–water partition coefficient (Wildman–Crippen LogP) is 1.73. The zero-order valence-electron chi connectivity index (χ0n) is 17.7. The average molecular weight is 448 g/mol.